The number of hydrogen-bond donors (Lipinski definition) is 2. The first kappa shape index (κ1) is 23.0. The van der Waals surface area contributed by atoms with E-state index in [0.717, 1.165) is 41.7 Å². The van der Waals surface area contributed by atoms with Gasteiger partial charge in [0.1, 0.15) is 0 Å². The number of aromatic amines is 1. The van der Waals surface area contributed by atoms with E-state index in [1.54, 1.807) is 0 Å². The van der Waals surface area contributed by atoms with Crippen LogP contribution in [0.1, 0.15) is 29.2 Å². The molecule has 3 rings (SSSR count). The molecule has 0 fully saturated rings. The number of nitrogens with one attached hydrogen (secondary N) is 2. The molecule has 3 aromatic rings. The first-order valence-corrected chi connectivity index (χ1v) is 11.1. The number of aryl methyl sites for hydroxylation is 3. The van der Waals surface area contributed by atoms with Crippen LogP contribution >= 0.6 is 12.2 Å². The van der Waals surface area contributed by atoms with Crippen molar-refractivity contribution in [3.8, 4) is 0 Å². The van der Waals surface area contributed by atoms with Crippen LogP contribution in [0.5, 0.6) is 0 Å². The zero-order valence-corrected chi connectivity index (χ0v) is 19.9. The third-order valence-corrected chi connectivity index (χ3v) is 5.84. The topological polar surface area (TPSA) is 51.4 Å². The number of likely N-dealkylation sites (N-methyl/N-ethyl adjacent to an activating group) is 1. The van der Waals surface area contributed by atoms with Crippen molar-refractivity contribution in [2.45, 2.75) is 33.7 Å². The van der Waals surface area contributed by atoms with Crippen LogP contribution in [0.2, 0.25) is 0 Å². The number of H-pyrrole nitrogens is 1. The second kappa shape index (κ2) is 10.1. The highest BCUT2D eigenvalue weighted by Gasteiger charge is 2.15. The molecule has 0 bridgehead atoms. The Labute approximate surface area is 190 Å². The fraction of sp³-hybridized carbons (Fsp3) is 0.360. The molecule has 0 aliphatic heterocycles. The first-order chi connectivity index (χ1) is 14.8. The Balaban J connectivity index is 1.91. The van der Waals surface area contributed by atoms with Crippen molar-refractivity contribution in [3.05, 3.63) is 75.1 Å². The van der Waals surface area contributed by atoms with Crippen LogP contribution < -0.4 is 10.9 Å². The Morgan fingerprint density at radius 3 is 2.52 bits per heavy atom. The first-order valence-electron chi connectivity index (χ1n) is 10.7. The molecule has 0 unspecified atom stereocenters. The molecule has 1 aromatic heterocycles. The highest BCUT2D eigenvalue weighted by molar-refractivity contribution is 7.80. The lowest BCUT2D eigenvalue weighted by molar-refractivity contribution is 0.327. The van der Waals surface area contributed by atoms with E-state index in [0.29, 0.717) is 17.2 Å². The minimum atomic E-state index is -0.0638. The van der Waals surface area contributed by atoms with Crippen molar-refractivity contribution in [1.29, 1.82) is 0 Å². The second-order valence-electron chi connectivity index (χ2n) is 8.34. The average molecular weight is 437 g/mol. The summed E-state index contributed by atoms with van der Waals surface area (Å²) in [6.07, 6.45) is 0.923. The molecule has 0 aliphatic rings. The molecule has 31 heavy (non-hydrogen) atoms. The van der Waals surface area contributed by atoms with Crippen molar-refractivity contribution in [3.63, 3.8) is 0 Å². The predicted molar refractivity (Wildman–Crippen MR) is 135 cm³/mol. The second-order valence-corrected chi connectivity index (χ2v) is 8.72. The summed E-state index contributed by atoms with van der Waals surface area (Å²) in [5.41, 5.74) is 6.04. The smallest absolute Gasteiger partial charge is 0.253 e. The van der Waals surface area contributed by atoms with Crippen LogP contribution in [0.15, 0.2) is 47.3 Å². The van der Waals surface area contributed by atoms with Crippen LogP contribution in [0.4, 0.5) is 5.69 Å². The normalized spacial score (nSPS) is 11.2. The number of thiocarbonyl (C=S) groups is 1. The highest BCUT2D eigenvalue weighted by atomic mass is 32.1. The fourth-order valence-electron chi connectivity index (χ4n) is 3.77. The molecule has 2 aromatic carbocycles. The molecule has 2 N–H and O–H groups in total. The van der Waals surface area contributed by atoms with Crippen molar-refractivity contribution in [2.24, 2.45) is 0 Å². The van der Waals surface area contributed by atoms with Gasteiger partial charge in [0.25, 0.3) is 5.56 Å². The van der Waals surface area contributed by atoms with Crippen LogP contribution in [0, 0.1) is 13.8 Å². The summed E-state index contributed by atoms with van der Waals surface area (Å²) < 4.78 is 0. The van der Waals surface area contributed by atoms with Crippen molar-refractivity contribution in [1.82, 2.24) is 14.8 Å². The van der Waals surface area contributed by atoms with E-state index in [1.807, 2.05) is 45.3 Å². The third kappa shape index (κ3) is 5.71. The summed E-state index contributed by atoms with van der Waals surface area (Å²) in [6, 6.07) is 14.4. The van der Waals surface area contributed by atoms with Gasteiger partial charge in [-0.2, -0.15) is 0 Å². The SMILES string of the molecule is CCc1ccccc1NC(=S)N(CCN(C)C)Cc1cc2cc(C)cc(C)c2[nH]c1=O. The number of anilines is 1. The van der Waals surface area contributed by atoms with Crippen LogP contribution in [-0.4, -0.2) is 47.1 Å². The summed E-state index contributed by atoms with van der Waals surface area (Å²) in [5, 5.41) is 5.09. The molecule has 0 saturated heterocycles. The van der Waals surface area contributed by atoms with Gasteiger partial charge in [0.15, 0.2) is 5.11 Å². The molecule has 0 amide bonds. The number of fused-ring (bicyclic) bond motifs is 1. The average Bonchev–Trinajstić information content (AvgIpc) is 2.72. The standard InChI is InChI=1S/C25H32N4OS/c1-6-19-9-7-8-10-22(19)26-25(31)29(12-11-28(4)5)16-21-15-20-14-17(2)13-18(3)23(20)27-24(21)30/h7-10,13-15H,6,11-12,16H2,1-5H3,(H,26,31)(H,27,30). The number of hydrogen-bond acceptors (Lipinski definition) is 3. The molecule has 0 radical (unpaired) electrons. The highest BCUT2D eigenvalue weighted by Crippen LogP contribution is 2.20. The van der Waals surface area contributed by atoms with E-state index in [9.17, 15) is 4.79 Å². The van der Waals surface area contributed by atoms with Crippen LogP contribution in [0.3, 0.4) is 0 Å². The zero-order chi connectivity index (χ0) is 22.5. The van der Waals surface area contributed by atoms with Gasteiger partial charge in [-0.3, -0.25) is 4.79 Å². The van der Waals surface area contributed by atoms with E-state index in [2.05, 4.69) is 52.1 Å². The molecule has 0 atom stereocenters. The molecular weight excluding hydrogens is 404 g/mol. The van der Waals surface area contributed by atoms with E-state index in [1.165, 1.54) is 11.1 Å². The maximum absolute atomic E-state index is 12.9. The summed E-state index contributed by atoms with van der Waals surface area (Å²) in [5.74, 6) is 0. The van der Waals surface area contributed by atoms with Gasteiger partial charge in [0, 0.05) is 24.3 Å². The molecule has 1 heterocycles. The maximum atomic E-state index is 12.9. The third-order valence-electron chi connectivity index (χ3n) is 5.48. The number of pyridine rings is 1. The van der Waals surface area contributed by atoms with Gasteiger partial charge >= 0.3 is 0 Å². The lowest BCUT2D eigenvalue weighted by Gasteiger charge is -2.28. The lowest BCUT2D eigenvalue weighted by Crippen LogP contribution is -2.40. The molecule has 0 spiro atoms. The number of aromatic nitrogens is 1. The Bertz CT molecular complexity index is 1140. The quantitative estimate of drug-likeness (QED) is 0.535. The molecule has 0 saturated carbocycles. The van der Waals surface area contributed by atoms with Gasteiger partial charge < -0.3 is 20.1 Å². The van der Waals surface area contributed by atoms with Gasteiger partial charge in [0.05, 0.1) is 12.1 Å². The Morgan fingerprint density at radius 1 is 1.06 bits per heavy atom. The predicted octanol–water partition coefficient (Wildman–Crippen LogP) is 4.47. The fourth-order valence-corrected chi connectivity index (χ4v) is 4.04. The molecule has 6 heteroatoms. The maximum Gasteiger partial charge on any atom is 0.253 e. The van der Waals surface area contributed by atoms with Gasteiger partial charge in [-0.1, -0.05) is 36.8 Å². The Hall–Kier alpha value is -2.70. The van der Waals surface area contributed by atoms with Crippen molar-refractivity contribution in [2.75, 3.05) is 32.5 Å². The minimum absolute atomic E-state index is 0.0638. The van der Waals surface area contributed by atoms with E-state index in [-0.39, 0.29) is 5.56 Å². The summed E-state index contributed by atoms with van der Waals surface area (Å²) in [7, 11) is 4.07. The molecular formula is C25H32N4OS. The van der Waals surface area contributed by atoms with Gasteiger partial charge in [-0.15, -0.1) is 0 Å². The van der Waals surface area contributed by atoms with Gasteiger partial charge in [0.2, 0.25) is 0 Å². The zero-order valence-electron chi connectivity index (χ0n) is 19.1. The van der Waals surface area contributed by atoms with E-state index < -0.39 is 0 Å². The van der Waals surface area contributed by atoms with E-state index >= 15 is 0 Å². The lowest BCUT2D eigenvalue weighted by atomic mass is 10.1. The van der Waals surface area contributed by atoms with Crippen LogP contribution in [0.25, 0.3) is 10.9 Å². The van der Waals surface area contributed by atoms with Gasteiger partial charge in [-0.05, 0) is 81.3 Å². The number of benzene rings is 2. The largest absolute Gasteiger partial charge is 0.343 e. The Morgan fingerprint density at radius 2 is 1.81 bits per heavy atom. The summed E-state index contributed by atoms with van der Waals surface area (Å²) in [6.45, 7) is 8.24. The van der Waals surface area contributed by atoms with Crippen LogP contribution in [-0.2, 0) is 13.0 Å². The van der Waals surface area contributed by atoms with E-state index in [4.69, 9.17) is 12.2 Å². The number of rotatable bonds is 7. The molecule has 164 valence electrons. The van der Waals surface area contributed by atoms with Gasteiger partial charge in [-0.25, -0.2) is 0 Å². The minimum Gasteiger partial charge on any atom is -0.343 e. The Kier molecular flexibility index (Phi) is 7.46. The molecule has 5 nitrogen and oxygen atoms in total. The van der Waals surface area contributed by atoms with Crippen molar-refractivity contribution < 1.29 is 0 Å². The monoisotopic (exact) mass is 436 g/mol. The summed E-state index contributed by atoms with van der Waals surface area (Å²) in [4.78, 5) is 20.1. The molecule has 0 aliphatic carbocycles. The summed E-state index contributed by atoms with van der Waals surface area (Å²) >= 11 is 5.78. The van der Waals surface area contributed by atoms with Crippen molar-refractivity contribution >= 4 is 33.9 Å². The number of para-hydroxylation sites is 1. The number of nitrogens with zero attached hydrogens (tertiary/aromatic N) is 2.